The van der Waals surface area contributed by atoms with Crippen molar-refractivity contribution < 1.29 is 9.52 Å². The molecule has 1 aromatic carbocycles. The van der Waals surface area contributed by atoms with Gasteiger partial charge in [-0.15, -0.1) is 0 Å². The fourth-order valence-electron chi connectivity index (χ4n) is 3.06. The second-order valence-corrected chi connectivity index (χ2v) is 6.92. The van der Waals surface area contributed by atoms with Crippen LogP contribution in [0.4, 0.5) is 0 Å². The average molecular weight is 378 g/mol. The zero-order chi connectivity index (χ0) is 16.1. The first kappa shape index (κ1) is 14.9. The van der Waals surface area contributed by atoms with Crippen molar-refractivity contribution in [2.24, 2.45) is 0 Å². The van der Waals surface area contributed by atoms with Crippen LogP contribution in [0.15, 0.2) is 25.8 Å². The summed E-state index contributed by atoms with van der Waals surface area (Å²) in [6, 6.07) is 3.84. The molecule has 0 radical (unpaired) electrons. The maximum atomic E-state index is 12.3. The molecule has 2 N–H and O–H groups in total. The van der Waals surface area contributed by atoms with Crippen molar-refractivity contribution in [3.05, 3.63) is 38.3 Å². The second kappa shape index (κ2) is 5.43. The minimum Gasteiger partial charge on any atom is -0.448 e. The highest BCUT2D eigenvalue weighted by Crippen LogP contribution is 2.30. The molecule has 120 valence electrons. The predicted molar refractivity (Wildman–Crippen MR) is 90.5 cm³/mol. The Kier molecular flexibility index (Phi) is 3.51. The number of β-amino-alcohol motifs (C(OH)–C–C–N with tert-alkyl or cyclic N) is 1. The lowest BCUT2D eigenvalue weighted by Gasteiger charge is -2.13. The van der Waals surface area contributed by atoms with Gasteiger partial charge in [-0.1, -0.05) is 15.9 Å². The summed E-state index contributed by atoms with van der Waals surface area (Å²) in [5.74, 6) is 0.594. The number of aromatic amines is 1. The van der Waals surface area contributed by atoms with E-state index in [2.05, 4.69) is 30.8 Å². The first-order valence-electron chi connectivity index (χ1n) is 7.53. The highest BCUT2D eigenvalue weighted by Gasteiger charge is 2.22. The Morgan fingerprint density at radius 3 is 3.09 bits per heavy atom. The van der Waals surface area contributed by atoms with Crippen LogP contribution in [-0.2, 0) is 6.54 Å². The largest absolute Gasteiger partial charge is 0.448 e. The van der Waals surface area contributed by atoms with Gasteiger partial charge in [0.2, 0.25) is 5.58 Å². The second-order valence-electron chi connectivity index (χ2n) is 6.07. The summed E-state index contributed by atoms with van der Waals surface area (Å²) in [6.07, 6.45) is 0.465. The van der Waals surface area contributed by atoms with Gasteiger partial charge in [-0.25, -0.2) is 4.98 Å². The molecule has 1 saturated heterocycles. The van der Waals surface area contributed by atoms with Crippen LogP contribution in [0.2, 0.25) is 0 Å². The molecule has 1 aliphatic heterocycles. The Morgan fingerprint density at radius 2 is 2.35 bits per heavy atom. The fourth-order valence-corrected chi connectivity index (χ4v) is 3.41. The van der Waals surface area contributed by atoms with E-state index in [4.69, 9.17) is 4.42 Å². The zero-order valence-electron chi connectivity index (χ0n) is 12.6. The van der Waals surface area contributed by atoms with Gasteiger partial charge >= 0.3 is 0 Å². The molecule has 3 heterocycles. The Balaban J connectivity index is 1.83. The fraction of sp³-hybridized carbons (Fsp3) is 0.375. The summed E-state index contributed by atoms with van der Waals surface area (Å²) < 4.78 is 6.64. The highest BCUT2D eigenvalue weighted by molar-refractivity contribution is 9.10. The molecular weight excluding hydrogens is 362 g/mol. The van der Waals surface area contributed by atoms with Crippen LogP contribution in [0.5, 0.6) is 0 Å². The number of aliphatic hydroxyl groups excluding tert-OH is 1. The third-order valence-electron chi connectivity index (χ3n) is 4.27. The molecule has 0 bridgehead atoms. The number of rotatable bonds is 2. The van der Waals surface area contributed by atoms with Gasteiger partial charge in [0.15, 0.2) is 0 Å². The van der Waals surface area contributed by atoms with E-state index in [1.807, 2.05) is 19.1 Å². The lowest BCUT2D eigenvalue weighted by Crippen LogP contribution is -2.24. The molecule has 0 saturated carbocycles. The Hall–Kier alpha value is -1.70. The van der Waals surface area contributed by atoms with Crippen LogP contribution in [0.1, 0.15) is 17.8 Å². The third kappa shape index (κ3) is 2.58. The quantitative estimate of drug-likeness (QED) is 0.715. The van der Waals surface area contributed by atoms with Crippen LogP contribution in [-0.4, -0.2) is 39.2 Å². The lowest BCUT2D eigenvalue weighted by molar-refractivity contribution is 0.174. The zero-order valence-corrected chi connectivity index (χ0v) is 14.2. The number of halogens is 1. The Bertz CT molecular complexity index is 962. The number of aromatic nitrogens is 2. The Morgan fingerprint density at radius 1 is 1.52 bits per heavy atom. The molecule has 1 atom stereocenters. The number of nitrogens with zero attached hydrogens (tertiary/aromatic N) is 2. The summed E-state index contributed by atoms with van der Waals surface area (Å²) in [5.41, 5.74) is 2.27. The van der Waals surface area contributed by atoms with Crippen LogP contribution in [0.25, 0.3) is 22.1 Å². The van der Waals surface area contributed by atoms with Crippen LogP contribution >= 0.6 is 15.9 Å². The van der Waals surface area contributed by atoms with Crippen molar-refractivity contribution in [3.8, 4) is 0 Å². The van der Waals surface area contributed by atoms with Crippen molar-refractivity contribution in [3.63, 3.8) is 0 Å². The summed E-state index contributed by atoms with van der Waals surface area (Å²) in [7, 11) is 0. The van der Waals surface area contributed by atoms with Gasteiger partial charge in [0.1, 0.15) is 16.9 Å². The number of aryl methyl sites for hydroxylation is 1. The highest BCUT2D eigenvalue weighted by atomic mass is 79.9. The number of benzene rings is 1. The van der Waals surface area contributed by atoms with Crippen molar-refractivity contribution >= 4 is 38.0 Å². The molecule has 0 spiro atoms. The van der Waals surface area contributed by atoms with Gasteiger partial charge < -0.3 is 14.5 Å². The number of aliphatic hydroxyl groups is 1. The molecule has 2 aromatic heterocycles. The number of likely N-dealkylation sites (tertiary alicyclic amines) is 1. The van der Waals surface area contributed by atoms with Gasteiger partial charge in [-0.2, -0.15) is 0 Å². The summed E-state index contributed by atoms with van der Waals surface area (Å²) in [5, 5.41) is 10.4. The standard InChI is InChI=1S/C16H16BrN3O3/c1-8-4-12-10(5-11(8)17)14-15(23-12)16(22)19-13(18-14)7-20-3-2-9(21)6-20/h4-5,9,21H,2-3,6-7H2,1H3,(H,18,19,22)/t9-/m0/s1. The minimum atomic E-state index is -0.292. The van der Waals surface area contributed by atoms with Crippen molar-refractivity contribution in [2.75, 3.05) is 13.1 Å². The SMILES string of the molecule is Cc1cc2oc3c(=O)[nH]c(CN4CC[C@H](O)C4)nc3c2cc1Br. The molecule has 7 heteroatoms. The summed E-state index contributed by atoms with van der Waals surface area (Å²) >= 11 is 3.51. The smallest absolute Gasteiger partial charge is 0.294 e. The van der Waals surface area contributed by atoms with E-state index in [1.165, 1.54) is 0 Å². The molecule has 6 nitrogen and oxygen atoms in total. The van der Waals surface area contributed by atoms with Gasteiger partial charge in [-0.3, -0.25) is 9.69 Å². The first-order chi connectivity index (χ1) is 11.0. The first-order valence-corrected chi connectivity index (χ1v) is 8.32. The van der Waals surface area contributed by atoms with Crippen molar-refractivity contribution in [1.29, 1.82) is 0 Å². The Labute approximate surface area is 140 Å². The van der Waals surface area contributed by atoms with Crippen molar-refractivity contribution in [1.82, 2.24) is 14.9 Å². The molecular formula is C16H16BrN3O3. The van der Waals surface area contributed by atoms with Gasteiger partial charge in [0, 0.05) is 22.9 Å². The average Bonchev–Trinajstić information content (AvgIpc) is 3.04. The normalized spacial score (nSPS) is 19.2. The van der Waals surface area contributed by atoms with E-state index >= 15 is 0 Å². The number of nitrogens with one attached hydrogen (secondary N) is 1. The van der Waals surface area contributed by atoms with E-state index in [-0.39, 0.29) is 17.2 Å². The number of hydrogen-bond acceptors (Lipinski definition) is 5. The number of fused-ring (bicyclic) bond motifs is 3. The predicted octanol–water partition coefficient (Wildman–Crippen LogP) is 2.31. The van der Waals surface area contributed by atoms with E-state index < -0.39 is 0 Å². The molecule has 3 aromatic rings. The minimum absolute atomic E-state index is 0.253. The molecule has 1 aliphatic rings. The van der Waals surface area contributed by atoms with E-state index in [9.17, 15) is 9.90 Å². The topological polar surface area (TPSA) is 82.4 Å². The van der Waals surface area contributed by atoms with Crippen LogP contribution < -0.4 is 5.56 Å². The molecule has 0 amide bonds. The number of hydrogen-bond donors (Lipinski definition) is 2. The number of furan rings is 1. The molecule has 0 aliphatic carbocycles. The van der Waals surface area contributed by atoms with E-state index in [1.54, 1.807) is 0 Å². The summed E-state index contributed by atoms with van der Waals surface area (Å²) in [6.45, 7) is 3.90. The molecule has 23 heavy (non-hydrogen) atoms. The molecule has 4 rings (SSSR count). The maximum Gasteiger partial charge on any atom is 0.294 e. The monoisotopic (exact) mass is 377 g/mol. The van der Waals surface area contributed by atoms with Gasteiger partial charge in [0.25, 0.3) is 5.56 Å². The lowest BCUT2D eigenvalue weighted by atomic mass is 10.2. The van der Waals surface area contributed by atoms with Gasteiger partial charge in [-0.05, 0) is 31.0 Å². The van der Waals surface area contributed by atoms with Crippen LogP contribution in [0.3, 0.4) is 0 Å². The third-order valence-corrected chi connectivity index (χ3v) is 5.13. The molecule has 1 fully saturated rings. The van der Waals surface area contributed by atoms with Gasteiger partial charge in [0.05, 0.1) is 12.6 Å². The van der Waals surface area contributed by atoms with Crippen molar-refractivity contribution in [2.45, 2.75) is 26.0 Å². The summed E-state index contributed by atoms with van der Waals surface area (Å²) in [4.78, 5) is 21.8. The number of H-pyrrole nitrogens is 1. The maximum absolute atomic E-state index is 12.3. The van der Waals surface area contributed by atoms with Crippen LogP contribution in [0, 0.1) is 6.92 Å². The van der Waals surface area contributed by atoms with E-state index in [0.717, 1.165) is 28.4 Å². The molecule has 0 unspecified atom stereocenters. The van der Waals surface area contributed by atoms with E-state index in [0.29, 0.717) is 30.0 Å².